The summed E-state index contributed by atoms with van der Waals surface area (Å²) in [6.45, 7) is 9.17. The van der Waals surface area contributed by atoms with Crippen molar-refractivity contribution in [3.05, 3.63) is 54.5 Å². The summed E-state index contributed by atoms with van der Waals surface area (Å²) >= 11 is 3.90. The fourth-order valence-electron chi connectivity index (χ4n) is 3.64. The van der Waals surface area contributed by atoms with Gasteiger partial charge in [-0.2, -0.15) is 0 Å². The maximum Gasteiger partial charge on any atom is 0.262 e. The highest BCUT2D eigenvalue weighted by Gasteiger charge is 2.22. The van der Waals surface area contributed by atoms with E-state index in [9.17, 15) is 4.79 Å². The van der Waals surface area contributed by atoms with Gasteiger partial charge in [0.05, 0.1) is 9.67 Å². The van der Waals surface area contributed by atoms with E-state index in [2.05, 4.69) is 64.5 Å². The lowest BCUT2D eigenvalue weighted by atomic mass is 10.1. The number of hydrogen-bond donors (Lipinski definition) is 1. The average Bonchev–Trinajstić information content (AvgIpc) is 2.62. The molecule has 0 spiro atoms. The van der Waals surface area contributed by atoms with Crippen molar-refractivity contribution in [2.24, 2.45) is 0 Å². The molecule has 0 bridgehead atoms. The third-order valence-electron chi connectivity index (χ3n) is 5.09. The molecular weight excluding hydrogens is 471 g/mol. The summed E-state index contributed by atoms with van der Waals surface area (Å²) in [6.07, 6.45) is 2.51. The number of benzene rings is 1. The highest BCUT2D eigenvalue weighted by atomic mass is 127. The van der Waals surface area contributed by atoms with Gasteiger partial charge in [-0.25, -0.2) is 0 Å². The molecule has 0 unspecified atom stereocenters. The normalized spacial score (nSPS) is 16.0. The standard InChI is InChI=1S/C21H27IN2O2S/c1-13-9-14(2)11-17(10-13)27-20-18(15(3)23-21(25)19(20)22)12-24-7-5-16(26-4)6-8-24/h9-11,16H,5-8,12H2,1-4H3,(H,23,25). The fraction of sp³-hybridized carbons (Fsp3) is 0.476. The summed E-state index contributed by atoms with van der Waals surface area (Å²) in [5.41, 5.74) is 4.71. The molecule has 2 aromatic rings. The molecular formula is C21H27IN2O2S. The topological polar surface area (TPSA) is 45.3 Å². The summed E-state index contributed by atoms with van der Waals surface area (Å²) in [6, 6.07) is 6.56. The van der Waals surface area contributed by atoms with Crippen LogP contribution in [0.3, 0.4) is 0 Å². The molecule has 6 heteroatoms. The predicted octanol–water partition coefficient (Wildman–Crippen LogP) is 4.67. The van der Waals surface area contributed by atoms with Gasteiger partial charge in [0.25, 0.3) is 5.56 Å². The number of methoxy groups -OCH3 is 1. The van der Waals surface area contributed by atoms with Crippen molar-refractivity contribution < 1.29 is 4.74 Å². The highest BCUT2D eigenvalue weighted by molar-refractivity contribution is 14.1. The number of hydrogen-bond acceptors (Lipinski definition) is 4. The molecule has 1 fully saturated rings. The first-order chi connectivity index (χ1) is 12.9. The Balaban J connectivity index is 1.91. The van der Waals surface area contributed by atoms with Crippen molar-refractivity contribution in [3.63, 3.8) is 0 Å². The van der Waals surface area contributed by atoms with E-state index in [0.29, 0.717) is 6.10 Å². The Kier molecular flexibility index (Phi) is 7.05. The number of pyridine rings is 1. The molecule has 1 N–H and O–H groups in total. The zero-order chi connectivity index (χ0) is 19.6. The third-order valence-corrected chi connectivity index (χ3v) is 7.61. The lowest BCUT2D eigenvalue weighted by molar-refractivity contribution is 0.0385. The number of H-pyrrole nitrogens is 1. The number of aryl methyl sites for hydroxylation is 3. The largest absolute Gasteiger partial charge is 0.381 e. The number of nitrogens with zero attached hydrogens (tertiary/aromatic N) is 1. The number of ether oxygens (including phenoxy) is 1. The number of nitrogens with one attached hydrogen (secondary N) is 1. The van der Waals surface area contributed by atoms with Crippen molar-refractivity contribution in [1.82, 2.24) is 9.88 Å². The van der Waals surface area contributed by atoms with Crippen LogP contribution in [0.25, 0.3) is 0 Å². The molecule has 1 saturated heterocycles. The summed E-state index contributed by atoms with van der Waals surface area (Å²) < 4.78 is 6.28. The van der Waals surface area contributed by atoms with Gasteiger partial charge in [-0.3, -0.25) is 9.69 Å². The Labute approximate surface area is 179 Å². The van der Waals surface area contributed by atoms with Gasteiger partial charge < -0.3 is 9.72 Å². The minimum absolute atomic E-state index is 0.00168. The maximum atomic E-state index is 12.4. The first-order valence-electron chi connectivity index (χ1n) is 9.30. The second-order valence-electron chi connectivity index (χ2n) is 7.34. The molecule has 0 radical (unpaired) electrons. The summed E-state index contributed by atoms with van der Waals surface area (Å²) in [7, 11) is 1.80. The zero-order valence-corrected chi connectivity index (χ0v) is 19.4. The molecule has 1 aromatic heterocycles. The highest BCUT2D eigenvalue weighted by Crippen LogP contribution is 2.35. The molecule has 1 aliphatic rings. The summed E-state index contributed by atoms with van der Waals surface area (Å²) in [5, 5.41) is 0. The molecule has 4 nitrogen and oxygen atoms in total. The van der Waals surface area contributed by atoms with Crippen molar-refractivity contribution >= 4 is 34.4 Å². The molecule has 0 amide bonds. The van der Waals surface area contributed by atoms with Crippen molar-refractivity contribution in [1.29, 1.82) is 0 Å². The quantitative estimate of drug-likeness (QED) is 0.609. The van der Waals surface area contributed by atoms with Crippen molar-refractivity contribution in [2.45, 2.75) is 56.1 Å². The van der Waals surface area contributed by atoms with E-state index < -0.39 is 0 Å². The second-order valence-corrected chi connectivity index (χ2v) is 9.50. The van der Waals surface area contributed by atoms with Gasteiger partial charge in [-0.05, 0) is 79.5 Å². The molecule has 1 aliphatic heterocycles. The molecule has 0 saturated carbocycles. The lowest BCUT2D eigenvalue weighted by Crippen LogP contribution is -2.36. The fourth-order valence-corrected chi connectivity index (χ4v) is 5.68. The molecule has 3 rings (SSSR count). The Hall–Kier alpha value is -0.830. The first kappa shape index (κ1) is 20.9. The minimum atomic E-state index is 0.00168. The number of likely N-dealkylation sites (tertiary alicyclic amines) is 1. The molecule has 0 atom stereocenters. The van der Waals surface area contributed by atoms with Gasteiger partial charge in [0.15, 0.2) is 0 Å². The number of aromatic amines is 1. The van der Waals surface area contributed by atoms with Gasteiger partial charge in [0.2, 0.25) is 0 Å². The predicted molar refractivity (Wildman–Crippen MR) is 120 cm³/mol. The van der Waals surface area contributed by atoms with Crippen LogP contribution in [-0.2, 0) is 11.3 Å². The number of piperidine rings is 1. The van der Waals surface area contributed by atoms with E-state index in [-0.39, 0.29) is 5.56 Å². The van der Waals surface area contributed by atoms with Crippen LogP contribution in [0.5, 0.6) is 0 Å². The van der Waals surface area contributed by atoms with E-state index in [1.165, 1.54) is 21.6 Å². The third kappa shape index (κ3) is 5.16. The van der Waals surface area contributed by atoms with Crippen molar-refractivity contribution in [3.8, 4) is 0 Å². The van der Waals surface area contributed by atoms with Gasteiger partial charge in [-0.15, -0.1) is 0 Å². The van der Waals surface area contributed by atoms with Crippen LogP contribution in [0, 0.1) is 24.3 Å². The van der Waals surface area contributed by atoms with E-state index in [1.807, 2.05) is 6.92 Å². The Bertz CT molecular complexity index is 853. The van der Waals surface area contributed by atoms with Crippen LogP contribution < -0.4 is 5.56 Å². The van der Waals surface area contributed by atoms with Crippen LogP contribution in [0.2, 0.25) is 0 Å². The van der Waals surface area contributed by atoms with Crippen LogP contribution >= 0.6 is 34.4 Å². The van der Waals surface area contributed by atoms with Crippen LogP contribution in [0.4, 0.5) is 0 Å². The lowest BCUT2D eigenvalue weighted by Gasteiger charge is -2.32. The van der Waals surface area contributed by atoms with Gasteiger partial charge in [0.1, 0.15) is 0 Å². The van der Waals surface area contributed by atoms with E-state index in [1.54, 1.807) is 18.9 Å². The Morgan fingerprint density at radius 1 is 1.19 bits per heavy atom. The van der Waals surface area contributed by atoms with E-state index >= 15 is 0 Å². The van der Waals surface area contributed by atoms with Crippen molar-refractivity contribution in [2.75, 3.05) is 20.2 Å². The SMILES string of the molecule is COC1CCN(Cc2c(C)[nH]c(=O)c(I)c2Sc2cc(C)cc(C)c2)CC1. The number of rotatable bonds is 5. The van der Waals surface area contributed by atoms with E-state index in [0.717, 1.165) is 46.6 Å². The maximum absolute atomic E-state index is 12.4. The average molecular weight is 498 g/mol. The first-order valence-corrected chi connectivity index (χ1v) is 11.2. The van der Waals surface area contributed by atoms with Gasteiger partial charge >= 0.3 is 0 Å². The summed E-state index contributed by atoms with van der Waals surface area (Å²) in [4.78, 5) is 20.2. The van der Waals surface area contributed by atoms with E-state index in [4.69, 9.17) is 4.74 Å². The Morgan fingerprint density at radius 2 is 1.81 bits per heavy atom. The number of halogens is 1. The monoisotopic (exact) mass is 498 g/mol. The summed E-state index contributed by atoms with van der Waals surface area (Å²) in [5.74, 6) is 0. The van der Waals surface area contributed by atoms with Crippen LogP contribution in [0.1, 0.15) is 35.2 Å². The van der Waals surface area contributed by atoms with Crippen LogP contribution in [0.15, 0.2) is 32.8 Å². The zero-order valence-electron chi connectivity index (χ0n) is 16.4. The van der Waals surface area contributed by atoms with Gasteiger partial charge in [-0.1, -0.05) is 17.8 Å². The smallest absolute Gasteiger partial charge is 0.262 e. The second kappa shape index (κ2) is 9.11. The van der Waals surface area contributed by atoms with Crippen LogP contribution in [-0.4, -0.2) is 36.2 Å². The molecule has 146 valence electrons. The molecule has 1 aromatic carbocycles. The minimum Gasteiger partial charge on any atom is -0.381 e. The van der Waals surface area contributed by atoms with Gasteiger partial charge in [0, 0.05) is 47.8 Å². The molecule has 0 aliphatic carbocycles. The molecule has 27 heavy (non-hydrogen) atoms. The Morgan fingerprint density at radius 3 is 2.41 bits per heavy atom. The molecule has 2 heterocycles. The number of aromatic nitrogens is 1.